The molecule has 0 saturated heterocycles. The van der Waals surface area contributed by atoms with E-state index in [9.17, 15) is 0 Å². The molecule has 0 atom stereocenters. The lowest BCUT2D eigenvalue weighted by atomic mass is 10.2. The highest BCUT2D eigenvalue weighted by molar-refractivity contribution is 14.0. The normalized spacial score (nSPS) is 10.7. The van der Waals surface area contributed by atoms with E-state index in [1.807, 2.05) is 25.3 Å². The van der Waals surface area contributed by atoms with Crippen LogP contribution in [0.15, 0.2) is 36.0 Å². The van der Waals surface area contributed by atoms with Gasteiger partial charge in [0, 0.05) is 39.4 Å². The van der Waals surface area contributed by atoms with Crippen LogP contribution in [-0.2, 0) is 6.54 Å². The summed E-state index contributed by atoms with van der Waals surface area (Å²) in [7, 11) is 5.50. The number of nitrogens with zero attached hydrogens (tertiary/aromatic N) is 3. The Morgan fingerprint density at radius 3 is 2.87 bits per heavy atom. The van der Waals surface area contributed by atoms with Gasteiger partial charge in [0.05, 0.1) is 7.11 Å². The number of hydrogen-bond donors (Lipinski definition) is 1. The molecule has 0 unspecified atom stereocenters. The van der Waals surface area contributed by atoms with Crippen molar-refractivity contribution >= 4 is 29.9 Å². The molecule has 0 saturated carbocycles. The summed E-state index contributed by atoms with van der Waals surface area (Å²) in [6.07, 6.45) is 8.42. The summed E-state index contributed by atoms with van der Waals surface area (Å²) in [5.74, 6) is 1.53. The van der Waals surface area contributed by atoms with Gasteiger partial charge in [-0.05, 0) is 30.9 Å². The summed E-state index contributed by atoms with van der Waals surface area (Å²) in [6, 6.07) is 3.90. The first-order valence-corrected chi connectivity index (χ1v) is 7.73. The zero-order chi connectivity index (χ0) is 16.2. The van der Waals surface area contributed by atoms with Crippen LogP contribution in [0.5, 0.6) is 5.88 Å². The Labute approximate surface area is 157 Å². The van der Waals surface area contributed by atoms with Crippen molar-refractivity contribution in [2.24, 2.45) is 4.99 Å². The number of aromatic nitrogens is 1. The van der Waals surface area contributed by atoms with E-state index in [4.69, 9.17) is 4.74 Å². The first-order chi connectivity index (χ1) is 10.7. The van der Waals surface area contributed by atoms with Crippen LogP contribution in [-0.4, -0.2) is 43.6 Å². The smallest absolute Gasteiger partial charge is 0.213 e. The molecule has 0 aliphatic rings. The van der Waals surface area contributed by atoms with Gasteiger partial charge in [-0.15, -0.1) is 30.6 Å². The summed E-state index contributed by atoms with van der Waals surface area (Å²) in [4.78, 5) is 10.6. The monoisotopic (exact) mass is 432 g/mol. The van der Waals surface area contributed by atoms with Crippen molar-refractivity contribution in [2.45, 2.75) is 32.2 Å². The quantitative estimate of drug-likeness (QED) is 0.214. The minimum Gasteiger partial charge on any atom is -0.481 e. The summed E-state index contributed by atoms with van der Waals surface area (Å²) >= 11 is 0. The van der Waals surface area contributed by atoms with Crippen molar-refractivity contribution in [2.75, 3.05) is 27.7 Å². The zero-order valence-corrected chi connectivity index (χ0v) is 16.7. The summed E-state index contributed by atoms with van der Waals surface area (Å²) in [5, 5.41) is 3.37. The Bertz CT molecular complexity index is 479. The number of rotatable bonds is 9. The molecule has 0 amide bonds. The van der Waals surface area contributed by atoms with E-state index in [1.54, 1.807) is 13.3 Å². The lowest BCUT2D eigenvalue weighted by molar-refractivity contribution is 0.397. The van der Waals surface area contributed by atoms with Crippen LogP contribution in [0.1, 0.15) is 31.2 Å². The first kappa shape index (κ1) is 21.7. The third-order valence-electron chi connectivity index (χ3n) is 3.43. The maximum atomic E-state index is 5.13. The number of halogens is 1. The largest absolute Gasteiger partial charge is 0.481 e. The van der Waals surface area contributed by atoms with E-state index >= 15 is 0 Å². The molecule has 0 spiro atoms. The fourth-order valence-electron chi connectivity index (χ4n) is 2.16. The Morgan fingerprint density at radius 2 is 2.22 bits per heavy atom. The lowest BCUT2D eigenvalue weighted by Crippen LogP contribution is -2.39. The molecule has 0 fully saturated rings. The number of pyridine rings is 1. The molecule has 1 rings (SSSR count). The van der Waals surface area contributed by atoms with Gasteiger partial charge < -0.3 is 15.0 Å². The van der Waals surface area contributed by atoms with E-state index in [2.05, 4.69) is 33.8 Å². The Kier molecular flexibility index (Phi) is 12.4. The van der Waals surface area contributed by atoms with Gasteiger partial charge in [-0.25, -0.2) is 4.98 Å². The SMILES string of the molecule is C=CCCCCCN(C)C(=NC)NCc1ccnc(OC)c1.I. The first-order valence-electron chi connectivity index (χ1n) is 7.73. The third-order valence-corrected chi connectivity index (χ3v) is 3.43. The molecule has 1 heterocycles. The molecule has 0 aliphatic carbocycles. The average molecular weight is 432 g/mol. The maximum absolute atomic E-state index is 5.13. The molecule has 23 heavy (non-hydrogen) atoms. The second kappa shape index (κ2) is 13.2. The van der Waals surface area contributed by atoms with Crippen LogP contribution in [0.3, 0.4) is 0 Å². The predicted molar refractivity (Wildman–Crippen MR) is 108 cm³/mol. The van der Waals surface area contributed by atoms with Crippen molar-refractivity contribution in [1.82, 2.24) is 15.2 Å². The van der Waals surface area contributed by atoms with E-state index in [-0.39, 0.29) is 24.0 Å². The highest BCUT2D eigenvalue weighted by Gasteiger charge is 2.05. The molecule has 1 aromatic rings. The molecule has 1 N–H and O–H groups in total. The van der Waals surface area contributed by atoms with Gasteiger partial charge >= 0.3 is 0 Å². The van der Waals surface area contributed by atoms with Crippen molar-refractivity contribution in [1.29, 1.82) is 0 Å². The number of aliphatic imine (C=N–C) groups is 1. The molecular weight excluding hydrogens is 403 g/mol. The summed E-state index contributed by atoms with van der Waals surface area (Å²) in [5.41, 5.74) is 1.12. The van der Waals surface area contributed by atoms with Gasteiger partial charge in [0.15, 0.2) is 5.96 Å². The van der Waals surface area contributed by atoms with E-state index in [1.165, 1.54) is 12.8 Å². The van der Waals surface area contributed by atoms with E-state index < -0.39 is 0 Å². The zero-order valence-electron chi connectivity index (χ0n) is 14.4. The van der Waals surface area contributed by atoms with Crippen LogP contribution in [0, 0.1) is 0 Å². The molecule has 130 valence electrons. The summed E-state index contributed by atoms with van der Waals surface area (Å²) < 4.78 is 5.13. The topological polar surface area (TPSA) is 49.8 Å². The molecule has 1 aromatic heterocycles. The molecule has 5 nitrogen and oxygen atoms in total. The van der Waals surface area contributed by atoms with Crippen LogP contribution >= 0.6 is 24.0 Å². The number of guanidine groups is 1. The highest BCUT2D eigenvalue weighted by Crippen LogP contribution is 2.08. The number of allylic oxidation sites excluding steroid dienone is 1. The van der Waals surface area contributed by atoms with Crippen molar-refractivity contribution in [3.63, 3.8) is 0 Å². The van der Waals surface area contributed by atoms with Gasteiger partial charge in [-0.1, -0.05) is 12.5 Å². The number of unbranched alkanes of at least 4 members (excludes halogenated alkanes) is 3. The van der Waals surface area contributed by atoms with Gasteiger partial charge in [0.1, 0.15) is 0 Å². The van der Waals surface area contributed by atoms with Crippen LogP contribution in [0.2, 0.25) is 0 Å². The fraction of sp³-hybridized carbons (Fsp3) is 0.529. The standard InChI is InChI=1S/C17H28N4O.HI/c1-5-6-7-8-9-12-21(3)17(18-2)20-14-15-10-11-19-16(13-15)22-4;/h5,10-11,13H,1,6-9,12,14H2,2-4H3,(H,18,20);1H. The van der Waals surface area contributed by atoms with Crippen LogP contribution in [0.4, 0.5) is 0 Å². The van der Waals surface area contributed by atoms with Crippen LogP contribution in [0.25, 0.3) is 0 Å². The average Bonchev–Trinajstić information content (AvgIpc) is 2.55. The molecule has 0 aliphatic heterocycles. The lowest BCUT2D eigenvalue weighted by Gasteiger charge is -2.22. The number of hydrogen-bond acceptors (Lipinski definition) is 3. The molecule has 6 heteroatoms. The molecule has 0 radical (unpaired) electrons. The Hall–Kier alpha value is -1.31. The minimum absolute atomic E-state index is 0. The van der Waals surface area contributed by atoms with Crippen molar-refractivity contribution < 1.29 is 4.74 Å². The predicted octanol–water partition coefficient (Wildman–Crippen LogP) is 3.46. The number of nitrogens with one attached hydrogen (secondary N) is 1. The summed E-state index contributed by atoms with van der Waals surface area (Å²) in [6.45, 7) is 5.44. The van der Waals surface area contributed by atoms with Gasteiger partial charge in [0.2, 0.25) is 5.88 Å². The third kappa shape index (κ3) is 8.78. The second-order valence-electron chi connectivity index (χ2n) is 5.17. The fourth-order valence-corrected chi connectivity index (χ4v) is 2.16. The highest BCUT2D eigenvalue weighted by atomic mass is 127. The van der Waals surface area contributed by atoms with Crippen LogP contribution < -0.4 is 10.1 Å². The van der Waals surface area contributed by atoms with Crippen molar-refractivity contribution in [3.05, 3.63) is 36.5 Å². The maximum Gasteiger partial charge on any atom is 0.213 e. The molecule has 0 bridgehead atoms. The minimum atomic E-state index is 0. The Balaban J connectivity index is 0.00000484. The van der Waals surface area contributed by atoms with Gasteiger partial charge in [-0.2, -0.15) is 0 Å². The van der Waals surface area contributed by atoms with Gasteiger partial charge in [0.25, 0.3) is 0 Å². The Morgan fingerprint density at radius 1 is 1.43 bits per heavy atom. The second-order valence-corrected chi connectivity index (χ2v) is 5.17. The van der Waals surface area contributed by atoms with E-state index in [0.29, 0.717) is 12.4 Å². The number of ether oxygens (including phenoxy) is 1. The molecule has 0 aromatic carbocycles. The van der Waals surface area contributed by atoms with E-state index in [0.717, 1.165) is 30.9 Å². The van der Waals surface area contributed by atoms with Crippen molar-refractivity contribution in [3.8, 4) is 5.88 Å². The molecular formula is C17H29IN4O. The number of methoxy groups -OCH3 is 1. The van der Waals surface area contributed by atoms with Gasteiger partial charge in [-0.3, -0.25) is 4.99 Å².